The van der Waals surface area contributed by atoms with Crippen molar-refractivity contribution in [3.8, 4) is 0 Å². The lowest BCUT2D eigenvalue weighted by molar-refractivity contribution is 0.200. The average molecular weight is 205 g/mol. The Morgan fingerprint density at radius 1 is 1.38 bits per heavy atom. The zero-order chi connectivity index (χ0) is 10.1. The minimum Gasteiger partial charge on any atom is -0.385 e. The molecule has 0 aromatic carbocycles. The molecule has 0 bridgehead atoms. The second-order valence-corrected chi connectivity index (χ2v) is 5.00. The molecule has 0 radical (unpaired) electrons. The van der Waals surface area contributed by atoms with Crippen molar-refractivity contribution >= 4 is 11.8 Å². The maximum absolute atomic E-state index is 5.00. The zero-order valence-electron chi connectivity index (χ0n) is 9.30. The number of ether oxygens (including phenoxy) is 1. The Labute approximate surface area is 86.8 Å². The molecule has 1 N–H and O–H groups in total. The minimum absolute atomic E-state index is 0.630. The van der Waals surface area contributed by atoms with Crippen LogP contribution in [0.25, 0.3) is 0 Å². The standard InChI is InChI=1S/C10H23NOS/c1-9(11-3)8-10(2)13-7-5-6-12-4/h9-11H,5-8H2,1-4H3. The largest absolute Gasteiger partial charge is 0.385 e. The number of rotatable bonds is 8. The minimum atomic E-state index is 0.630. The fraction of sp³-hybridized carbons (Fsp3) is 1.00. The maximum atomic E-state index is 5.00. The molecule has 3 heteroatoms. The van der Waals surface area contributed by atoms with Crippen LogP contribution in [0.15, 0.2) is 0 Å². The summed E-state index contributed by atoms with van der Waals surface area (Å²) in [6.45, 7) is 5.42. The third-order valence-corrected chi connectivity index (χ3v) is 3.36. The number of nitrogens with one attached hydrogen (secondary N) is 1. The van der Waals surface area contributed by atoms with Gasteiger partial charge in [-0.05, 0) is 32.6 Å². The van der Waals surface area contributed by atoms with Gasteiger partial charge in [-0.15, -0.1) is 0 Å². The molecule has 2 unspecified atom stereocenters. The Morgan fingerprint density at radius 2 is 2.08 bits per heavy atom. The van der Waals surface area contributed by atoms with E-state index in [4.69, 9.17) is 4.74 Å². The van der Waals surface area contributed by atoms with Gasteiger partial charge in [-0.25, -0.2) is 0 Å². The van der Waals surface area contributed by atoms with E-state index in [2.05, 4.69) is 19.2 Å². The quantitative estimate of drug-likeness (QED) is 0.614. The lowest BCUT2D eigenvalue weighted by Crippen LogP contribution is -2.24. The Bertz CT molecular complexity index is 111. The molecule has 0 saturated heterocycles. The highest BCUT2D eigenvalue weighted by Crippen LogP contribution is 2.16. The van der Waals surface area contributed by atoms with E-state index >= 15 is 0 Å². The van der Waals surface area contributed by atoms with E-state index in [1.54, 1.807) is 7.11 Å². The van der Waals surface area contributed by atoms with E-state index in [1.807, 2.05) is 18.8 Å². The van der Waals surface area contributed by atoms with Gasteiger partial charge >= 0.3 is 0 Å². The molecule has 0 aromatic rings. The molecular formula is C10H23NOS. The monoisotopic (exact) mass is 205 g/mol. The number of hydrogen-bond donors (Lipinski definition) is 1. The van der Waals surface area contributed by atoms with Crippen molar-refractivity contribution < 1.29 is 4.74 Å². The molecule has 0 aliphatic rings. The van der Waals surface area contributed by atoms with Crippen LogP contribution < -0.4 is 5.32 Å². The average Bonchev–Trinajstić information content (AvgIpc) is 2.12. The van der Waals surface area contributed by atoms with E-state index in [0.29, 0.717) is 6.04 Å². The summed E-state index contributed by atoms with van der Waals surface area (Å²) in [5.41, 5.74) is 0. The Hall–Kier alpha value is 0.270. The first-order chi connectivity index (χ1) is 6.20. The van der Waals surface area contributed by atoms with E-state index in [0.717, 1.165) is 11.9 Å². The summed E-state index contributed by atoms with van der Waals surface area (Å²) in [4.78, 5) is 0. The van der Waals surface area contributed by atoms with Crippen LogP contribution in [0, 0.1) is 0 Å². The van der Waals surface area contributed by atoms with Crippen LogP contribution in [0.3, 0.4) is 0 Å². The van der Waals surface area contributed by atoms with E-state index in [-0.39, 0.29) is 0 Å². The van der Waals surface area contributed by atoms with Gasteiger partial charge < -0.3 is 10.1 Å². The fourth-order valence-electron chi connectivity index (χ4n) is 1.17. The summed E-state index contributed by atoms with van der Waals surface area (Å²) in [6, 6.07) is 0.630. The Morgan fingerprint density at radius 3 is 2.62 bits per heavy atom. The molecule has 0 aliphatic heterocycles. The van der Waals surface area contributed by atoms with Crippen LogP contribution in [0.1, 0.15) is 26.7 Å². The Kier molecular flexibility index (Phi) is 9.03. The summed E-state index contributed by atoms with van der Waals surface area (Å²) < 4.78 is 5.00. The van der Waals surface area contributed by atoms with Crippen molar-refractivity contribution in [2.45, 2.75) is 38.0 Å². The third kappa shape index (κ3) is 8.60. The van der Waals surface area contributed by atoms with Gasteiger partial charge in [0.15, 0.2) is 0 Å². The normalized spacial score (nSPS) is 15.7. The first-order valence-corrected chi connectivity index (χ1v) is 6.03. The summed E-state index contributed by atoms with van der Waals surface area (Å²) in [5, 5.41) is 4.01. The number of hydrogen-bond acceptors (Lipinski definition) is 3. The van der Waals surface area contributed by atoms with Gasteiger partial charge in [0.05, 0.1) is 0 Å². The molecule has 0 rings (SSSR count). The fourth-order valence-corrected chi connectivity index (χ4v) is 2.28. The molecule has 13 heavy (non-hydrogen) atoms. The second-order valence-electron chi connectivity index (χ2n) is 3.45. The predicted octanol–water partition coefficient (Wildman–Crippen LogP) is 2.14. The van der Waals surface area contributed by atoms with E-state index in [1.165, 1.54) is 18.6 Å². The van der Waals surface area contributed by atoms with Crippen molar-refractivity contribution in [3.63, 3.8) is 0 Å². The lowest BCUT2D eigenvalue weighted by Gasteiger charge is -2.15. The third-order valence-electron chi connectivity index (χ3n) is 2.07. The summed E-state index contributed by atoms with van der Waals surface area (Å²) in [6.07, 6.45) is 2.41. The van der Waals surface area contributed by atoms with Crippen molar-refractivity contribution in [1.82, 2.24) is 5.32 Å². The van der Waals surface area contributed by atoms with Gasteiger partial charge in [0.1, 0.15) is 0 Å². The number of thioether (sulfide) groups is 1. The highest BCUT2D eigenvalue weighted by molar-refractivity contribution is 7.99. The van der Waals surface area contributed by atoms with E-state index < -0.39 is 0 Å². The summed E-state index contributed by atoms with van der Waals surface area (Å²) >= 11 is 2.04. The SMILES string of the molecule is CNC(C)CC(C)SCCCOC. The van der Waals surface area contributed by atoms with Gasteiger partial charge in [-0.3, -0.25) is 0 Å². The highest BCUT2D eigenvalue weighted by atomic mass is 32.2. The van der Waals surface area contributed by atoms with Gasteiger partial charge in [-0.1, -0.05) is 6.92 Å². The van der Waals surface area contributed by atoms with Crippen molar-refractivity contribution in [2.24, 2.45) is 0 Å². The van der Waals surface area contributed by atoms with Crippen molar-refractivity contribution in [1.29, 1.82) is 0 Å². The Balaban J connectivity index is 3.24. The van der Waals surface area contributed by atoms with Crippen molar-refractivity contribution in [2.75, 3.05) is 26.5 Å². The smallest absolute Gasteiger partial charge is 0.0470 e. The lowest BCUT2D eigenvalue weighted by atomic mass is 10.2. The molecular weight excluding hydrogens is 182 g/mol. The molecule has 0 aliphatic carbocycles. The second kappa shape index (κ2) is 8.85. The van der Waals surface area contributed by atoms with Gasteiger partial charge in [-0.2, -0.15) is 11.8 Å². The van der Waals surface area contributed by atoms with Crippen LogP contribution in [-0.2, 0) is 4.74 Å². The highest BCUT2D eigenvalue weighted by Gasteiger charge is 2.06. The van der Waals surface area contributed by atoms with E-state index in [9.17, 15) is 0 Å². The first kappa shape index (κ1) is 13.3. The van der Waals surface area contributed by atoms with Gasteiger partial charge in [0.25, 0.3) is 0 Å². The molecule has 0 fully saturated rings. The molecule has 0 aromatic heterocycles. The molecule has 0 spiro atoms. The maximum Gasteiger partial charge on any atom is 0.0470 e. The molecule has 80 valence electrons. The van der Waals surface area contributed by atoms with Crippen LogP contribution in [0.5, 0.6) is 0 Å². The zero-order valence-corrected chi connectivity index (χ0v) is 10.1. The molecule has 2 nitrogen and oxygen atoms in total. The molecule has 0 heterocycles. The van der Waals surface area contributed by atoms with Crippen LogP contribution in [0.2, 0.25) is 0 Å². The van der Waals surface area contributed by atoms with Gasteiger partial charge in [0, 0.05) is 25.0 Å². The van der Waals surface area contributed by atoms with Crippen molar-refractivity contribution in [3.05, 3.63) is 0 Å². The summed E-state index contributed by atoms with van der Waals surface area (Å²) in [5.74, 6) is 1.21. The first-order valence-electron chi connectivity index (χ1n) is 4.98. The predicted molar refractivity (Wildman–Crippen MR) is 61.6 cm³/mol. The topological polar surface area (TPSA) is 21.3 Å². The summed E-state index contributed by atoms with van der Waals surface area (Å²) in [7, 11) is 3.78. The molecule has 2 atom stereocenters. The number of methoxy groups -OCH3 is 1. The van der Waals surface area contributed by atoms with Gasteiger partial charge in [0.2, 0.25) is 0 Å². The van der Waals surface area contributed by atoms with Crippen LogP contribution in [-0.4, -0.2) is 37.8 Å². The van der Waals surface area contributed by atoms with Crippen LogP contribution >= 0.6 is 11.8 Å². The molecule has 0 amide bonds. The van der Waals surface area contributed by atoms with Crippen LogP contribution in [0.4, 0.5) is 0 Å². The molecule has 0 saturated carbocycles.